The molecule has 0 N–H and O–H groups in total. The van der Waals surface area contributed by atoms with Crippen molar-refractivity contribution in [2.75, 3.05) is 14.2 Å². The number of methoxy groups -OCH3 is 1. The van der Waals surface area contributed by atoms with Gasteiger partial charge < -0.3 is 13.8 Å². The minimum atomic E-state index is 0.549. The molecule has 0 aliphatic rings. The molecule has 126 valence electrons. The lowest BCUT2D eigenvalue weighted by Gasteiger charge is -2.13. The number of nitrogens with zero attached hydrogens (tertiary/aromatic N) is 4. The third-order valence-electron chi connectivity index (χ3n) is 3.83. The van der Waals surface area contributed by atoms with E-state index >= 15 is 0 Å². The van der Waals surface area contributed by atoms with Gasteiger partial charge in [-0.3, -0.25) is 4.90 Å². The minimum absolute atomic E-state index is 0.549. The molecule has 1 aromatic carbocycles. The van der Waals surface area contributed by atoms with E-state index in [0.717, 1.165) is 28.3 Å². The van der Waals surface area contributed by atoms with Gasteiger partial charge in [-0.2, -0.15) is 4.98 Å². The first-order valence-electron chi connectivity index (χ1n) is 7.64. The highest BCUT2D eigenvalue weighted by molar-refractivity contribution is 5.55. The van der Waals surface area contributed by atoms with E-state index in [1.165, 1.54) is 0 Å². The molecular formula is C17H20N4O3. The first-order valence-corrected chi connectivity index (χ1v) is 7.64. The molecule has 0 spiro atoms. The summed E-state index contributed by atoms with van der Waals surface area (Å²) in [4.78, 5) is 6.53. The fourth-order valence-electron chi connectivity index (χ4n) is 2.46. The standard InChI is InChI=1S/C17H20N4O3/c1-11-15(12(2)23-19-11)9-21(3)10-16-18-17(20-24-16)13-5-7-14(22-4)8-6-13/h5-8H,9-10H2,1-4H3. The maximum Gasteiger partial charge on any atom is 0.241 e. The van der Waals surface area contributed by atoms with Gasteiger partial charge in [0.1, 0.15) is 11.5 Å². The molecule has 0 aliphatic heterocycles. The summed E-state index contributed by atoms with van der Waals surface area (Å²) < 4.78 is 15.7. The molecule has 7 heteroatoms. The van der Waals surface area contributed by atoms with Crippen LogP contribution in [0.4, 0.5) is 0 Å². The SMILES string of the molecule is COc1ccc(-c2noc(CN(C)Cc3c(C)noc3C)n2)cc1. The molecule has 0 bridgehead atoms. The molecule has 3 aromatic rings. The normalized spacial score (nSPS) is 11.2. The molecule has 7 nitrogen and oxygen atoms in total. The van der Waals surface area contributed by atoms with Crippen LogP contribution in [0.5, 0.6) is 5.75 Å². The fraction of sp³-hybridized carbons (Fsp3) is 0.353. The lowest BCUT2D eigenvalue weighted by atomic mass is 10.2. The smallest absolute Gasteiger partial charge is 0.241 e. The predicted molar refractivity (Wildman–Crippen MR) is 87.4 cm³/mol. The van der Waals surface area contributed by atoms with Gasteiger partial charge in [-0.05, 0) is 45.2 Å². The van der Waals surface area contributed by atoms with Gasteiger partial charge in [-0.1, -0.05) is 10.3 Å². The molecule has 0 amide bonds. The van der Waals surface area contributed by atoms with Crippen molar-refractivity contribution < 1.29 is 13.8 Å². The summed E-state index contributed by atoms with van der Waals surface area (Å²) in [6.45, 7) is 5.11. The zero-order valence-corrected chi connectivity index (χ0v) is 14.2. The average Bonchev–Trinajstić information content (AvgIpc) is 3.17. The van der Waals surface area contributed by atoms with Gasteiger partial charge in [0, 0.05) is 17.7 Å². The highest BCUT2D eigenvalue weighted by Gasteiger charge is 2.15. The molecule has 0 radical (unpaired) electrons. The number of benzene rings is 1. The Bertz CT molecular complexity index is 788. The summed E-state index contributed by atoms with van der Waals surface area (Å²) in [5.41, 5.74) is 2.88. The monoisotopic (exact) mass is 328 g/mol. The molecule has 24 heavy (non-hydrogen) atoms. The van der Waals surface area contributed by atoms with Crippen LogP contribution < -0.4 is 4.74 Å². The van der Waals surface area contributed by atoms with Crippen LogP contribution in [-0.2, 0) is 13.1 Å². The van der Waals surface area contributed by atoms with E-state index in [2.05, 4.69) is 20.2 Å². The van der Waals surface area contributed by atoms with E-state index < -0.39 is 0 Å². The third-order valence-corrected chi connectivity index (χ3v) is 3.83. The second-order valence-corrected chi connectivity index (χ2v) is 5.72. The molecule has 0 atom stereocenters. The van der Waals surface area contributed by atoms with Gasteiger partial charge in [-0.15, -0.1) is 0 Å². The number of ether oxygens (including phenoxy) is 1. The number of aromatic nitrogens is 3. The zero-order valence-electron chi connectivity index (χ0n) is 14.2. The Labute approximate surface area is 140 Å². The topological polar surface area (TPSA) is 77.4 Å². The average molecular weight is 328 g/mol. The van der Waals surface area contributed by atoms with Crippen LogP contribution in [0.15, 0.2) is 33.3 Å². The van der Waals surface area contributed by atoms with Gasteiger partial charge in [0.15, 0.2) is 0 Å². The van der Waals surface area contributed by atoms with E-state index in [-0.39, 0.29) is 0 Å². The van der Waals surface area contributed by atoms with Gasteiger partial charge in [0.2, 0.25) is 11.7 Å². The van der Waals surface area contributed by atoms with Crippen LogP contribution in [0, 0.1) is 13.8 Å². The number of aryl methyl sites for hydroxylation is 2. The largest absolute Gasteiger partial charge is 0.497 e. The quantitative estimate of drug-likeness (QED) is 0.688. The third kappa shape index (κ3) is 3.46. The molecule has 0 aliphatic carbocycles. The molecule has 0 saturated heterocycles. The lowest BCUT2D eigenvalue weighted by molar-refractivity contribution is 0.259. The van der Waals surface area contributed by atoms with Gasteiger partial charge in [-0.25, -0.2) is 0 Å². The second kappa shape index (κ2) is 6.84. The predicted octanol–water partition coefficient (Wildman–Crippen LogP) is 2.98. The molecule has 0 saturated carbocycles. The molecule has 2 aromatic heterocycles. The van der Waals surface area contributed by atoms with Gasteiger partial charge in [0.25, 0.3) is 0 Å². The highest BCUT2D eigenvalue weighted by atomic mass is 16.5. The van der Waals surface area contributed by atoms with Crippen molar-refractivity contribution in [3.05, 3.63) is 47.2 Å². The van der Waals surface area contributed by atoms with Gasteiger partial charge >= 0.3 is 0 Å². The van der Waals surface area contributed by atoms with E-state index in [1.54, 1.807) is 7.11 Å². The van der Waals surface area contributed by atoms with E-state index in [0.29, 0.717) is 24.8 Å². The van der Waals surface area contributed by atoms with Crippen molar-refractivity contribution in [1.29, 1.82) is 0 Å². The van der Waals surface area contributed by atoms with Crippen LogP contribution in [-0.4, -0.2) is 34.4 Å². The first-order chi connectivity index (χ1) is 11.6. The Morgan fingerprint density at radius 2 is 1.79 bits per heavy atom. The van der Waals surface area contributed by atoms with E-state index in [9.17, 15) is 0 Å². The van der Waals surface area contributed by atoms with Crippen LogP contribution in [0.25, 0.3) is 11.4 Å². The Morgan fingerprint density at radius 1 is 1.04 bits per heavy atom. The van der Waals surface area contributed by atoms with Crippen molar-refractivity contribution in [2.45, 2.75) is 26.9 Å². The molecule has 2 heterocycles. The van der Waals surface area contributed by atoms with E-state index in [1.807, 2.05) is 45.2 Å². The summed E-state index contributed by atoms with van der Waals surface area (Å²) in [6.07, 6.45) is 0. The maximum absolute atomic E-state index is 5.35. The number of hydrogen-bond donors (Lipinski definition) is 0. The summed E-state index contributed by atoms with van der Waals surface area (Å²) in [7, 11) is 3.62. The Balaban J connectivity index is 1.67. The van der Waals surface area contributed by atoms with Crippen molar-refractivity contribution >= 4 is 0 Å². The summed E-state index contributed by atoms with van der Waals surface area (Å²) in [5.74, 6) is 2.76. The molecular weight excluding hydrogens is 308 g/mol. The van der Waals surface area contributed by atoms with E-state index in [4.69, 9.17) is 13.8 Å². The molecule has 3 rings (SSSR count). The van der Waals surface area contributed by atoms with Crippen LogP contribution in [0.2, 0.25) is 0 Å². The Kier molecular flexibility index (Phi) is 4.61. The fourth-order valence-corrected chi connectivity index (χ4v) is 2.46. The summed E-state index contributed by atoms with van der Waals surface area (Å²) >= 11 is 0. The Hall–Kier alpha value is -2.67. The lowest BCUT2D eigenvalue weighted by Crippen LogP contribution is -2.18. The highest BCUT2D eigenvalue weighted by Crippen LogP contribution is 2.20. The van der Waals surface area contributed by atoms with Gasteiger partial charge in [0.05, 0.1) is 19.3 Å². The minimum Gasteiger partial charge on any atom is -0.497 e. The van der Waals surface area contributed by atoms with Crippen LogP contribution in [0.1, 0.15) is 22.9 Å². The van der Waals surface area contributed by atoms with Crippen LogP contribution in [0.3, 0.4) is 0 Å². The summed E-state index contributed by atoms with van der Waals surface area (Å²) in [5, 5.41) is 8.01. The molecule has 0 unspecified atom stereocenters. The van der Waals surface area contributed by atoms with Crippen molar-refractivity contribution in [3.63, 3.8) is 0 Å². The zero-order chi connectivity index (χ0) is 17.1. The van der Waals surface area contributed by atoms with Crippen molar-refractivity contribution in [3.8, 4) is 17.1 Å². The maximum atomic E-state index is 5.35. The van der Waals surface area contributed by atoms with Crippen LogP contribution >= 0.6 is 0 Å². The number of hydrogen-bond acceptors (Lipinski definition) is 7. The van der Waals surface area contributed by atoms with Crippen molar-refractivity contribution in [2.24, 2.45) is 0 Å². The first kappa shape index (κ1) is 16.2. The molecule has 0 fully saturated rings. The Morgan fingerprint density at radius 3 is 2.42 bits per heavy atom. The summed E-state index contributed by atoms with van der Waals surface area (Å²) in [6, 6.07) is 7.55. The second-order valence-electron chi connectivity index (χ2n) is 5.72. The number of rotatable bonds is 6. The van der Waals surface area contributed by atoms with Crippen molar-refractivity contribution in [1.82, 2.24) is 20.2 Å².